The van der Waals surface area contributed by atoms with Gasteiger partial charge in [-0.1, -0.05) is 122 Å². The van der Waals surface area contributed by atoms with E-state index < -0.39 is 0 Å². The standard InChI is InChI=1S/C47H33N5O.Pd/c1-47(2,3)32-21-23-36-38-19-11-26-49-45(38)51(41(36)27-32)33-17-10-18-34(28-33)53-35-22-24-37-39(29-35)46-50-42(30-13-6-4-7-14-30)44(31-15-8-5-9-16-31)52(46)40-20-12-25-48-43(37)40;/h4-27H,1-3H3;/q-2;+2. The molecule has 0 bridgehead atoms. The summed E-state index contributed by atoms with van der Waals surface area (Å²) in [6, 6.07) is 52.8. The Hall–Kier alpha value is -6.13. The molecular formula is C47H33N5OPd. The molecule has 5 aromatic carbocycles. The van der Waals surface area contributed by atoms with E-state index in [4.69, 9.17) is 19.7 Å². The second-order valence-electron chi connectivity index (χ2n) is 14.4. The first-order valence-electron chi connectivity index (χ1n) is 17.8. The molecule has 0 N–H and O–H groups in total. The van der Waals surface area contributed by atoms with Gasteiger partial charge in [0.2, 0.25) is 0 Å². The normalized spacial score (nSPS) is 11.8. The van der Waals surface area contributed by atoms with Crippen LogP contribution >= 0.6 is 0 Å². The fourth-order valence-corrected chi connectivity index (χ4v) is 7.47. The molecule has 0 amide bonds. The van der Waals surface area contributed by atoms with E-state index in [-0.39, 0.29) is 25.8 Å². The van der Waals surface area contributed by atoms with E-state index in [0.717, 1.165) is 77.6 Å². The molecule has 10 rings (SSSR count). The summed E-state index contributed by atoms with van der Waals surface area (Å²) in [5, 5.41) is 4.02. The number of fused-ring (bicyclic) bond motifs is 9. The minimum atomic E-state index is -0.00563. The summed E-state index contributed by atoms with van der Waals surface area (Å²) >= 11 is 0. The largest absolute Gasteiger partial charge is 2.00 e. The van der Waals surface area contributed by atoms with Crippen molar-refractivity contribution in [2.45, 2.75) is 26.2 Å². The summed E-state index contributed by atoms with van der Waals surface area (Å²) in [4.78, 5) is 15.0. The zero-order valence-corrected chi connectivity index (χ0v) is 31.4. The summed E-state index contributed by atoms with van der Waals surface area (Å²) < 4.78 is 11.0. The van der Waals surface area contributed by atoms with Crippen molar-refractivity contribution in [3.63, 3.8) is 0 Å². The van der Waals surface area contributed by atoms with Crippen molar-refractivity contribution < 1.29 is 25.2 Å². The fraction of sp³-hybridized carbons (Fsp3) is 0.0851. The van der Waals surface area contributed by atoms with Gasteiger partial charge in [0.25, 0.3) is 0 Å². The SMILES string of the molecule is CC(C)(C)c1ccc2c3cccnc3n(-c3[c-]c(Oc4[c-]c5c(cc4)c4ncccc4n4c(-c6ccccc6)c(-c6ccccc6)nc54)ccc3)c2c1.[Pd+2]. The number of ether oxygens (including phenoxy) is 1. The van der Waals surface area contributed by atoms with Gasteiger partial charge in [0.15, 0.2) is 0 Å². The molecule has 54 heavy (non-hydrogen) atoms. The molecule has 0 aliphatic rings. The Bertz CT molecular complexity index is 3020. The van der Waals surface area contributed by atoms with Gasteiger partial charge in [0.05, 0.1) is 33.6 Å². The molecule has 6 nitrogen and oxygen atoms in total. The molecule has 0 aliphatic heterocycles. The van der Waals surface area contributed by atoms with E-state index in [1.165, 1.54) is 5.56 Å². The molecule has 7 heteroatoms. The molecular weight excluding hydrogens is 757 g/mol. The first-order valence-corrected chi connectivity index (χ1v) is 17.8. The third kappa shape index (κ3) is 5.48. The van der Waals surface area contributed by atoms with E-state index in [9.17, 15) is 0 Å². The summed E-state index contributed by atoms with van der Waals surface area (Å²) in [5.74, 6) is 1.13. The Morgan fingerprint density at radius 3 is 2.11 bits per heavy atom. The summed E-state index contributed by atoms with van der Waals surface area (Å²) in [7, 11) is 0. The van der Waals surface area contributed by atoms with Gasteiger partial charge in [-0.05, 0) is 46.9 Å². The third-order valence-corrected chi connectivity index (χ3v) is 10.0. The first kappa shape index (κ1) is 33.7. The molecule has 0 aliphatic carbocycles. The van der Waals surface area contributed by atoms with Crippen molar-refractivity contribution in [3.05, 3.63) is 164 Å². The van der Waals surface area contributed by atoms with Crippen LogP contribution in [0.4, 0.5) is 0 Å². The number of nitrogens with zero attached hydrogens (tertiary/aromatic N) is 5. The molecule has 0 unspecified atom stereocenters. The average Bonchev–Trinajstić information content (AvgIpc) is 3.76. The zero-order valence-electron chi connectivity index (χ0n) is 29.8. The minimum absolute atomic E-state index is 0. The van der Waals surface area contributed by atoms with Crippen molar-refractivity contribution >= 4 is 49.4 Å². The van der Waals surface area contributed by atoms with Gasteiger partial charge < -0.3 is 13.7 Å². The fourth-order valence-electron chi connectivity index (χ4n) is 7.47. The Morgan fingerprint density at radius 2 is 1.31 bits per heavy atom. The smallest absolute Gasteiger partial charge is 0.503 e. The average molecular weight is 790 g/mol. The van der Waals surface area contributed by atoms with E-state index in [2.05, 4.69) is 121 Å². The maximum Gasteiger partial charge on any atom is 2.00 e. The predicted molar refractivity (Wildman–Crippen MR) is 214 cm³/mol. The Labute approximate surface area is 326 Å². The number of imidazole rings is 1. The molecule has 0 saturated carbocycles. The van der Waals surface area contributed by atoms with E-state index in [1.807, 2.05) is 67.0 Å². The zero-order chi connectivity index (χ0) is 35.7. The van der Waals surface area contributed by atoms with Crippen LogP contribution in [-0.4, -0.2) is 23.9 Å². The number of hydrogen-bond acceptors (Lipinski definition) is 4. The minimum Gasteiger partial charge on any atom is -0.503 e. The summed E-state index contributed by atoms with van der Waals surface area (Å²) in [6.45, 7) is 6.71. The van der Waals surface area contributed by atoms with Crippen LogP contribution in [0.3, 0.4) is 0 Å². The molecule has 0 atom stereocenters. The van der Waals surface area contributed by atoms with Crippen LogP contribution < -0.4 is 4.74 Å². The summed E-state index contributed by atoms with van der Waals surface area (Å²) in [6.07, 6.45) is 3.68. The van der Waals surface area contributed by atoms with Crippen LogP contribution in [0.15, 0.2) is 146 Å². The summed E-state index contributed by atoms with van der Waals surface area (Å²) in [5.41, 5.74) is 10.7. The first-order chi connectivity index (χ1) is 25.9. The Morgan fingerprint density at radius 1 is 0.593 bits per heavy atom. The molecule has 262 valence electrons. The Kier molecular flexibility index (Phi) is 8.15. The number of rotatable bonds is 5. The Balaban J connectivity index is 0.00000384. The molecule has 0 fully saturated rings. The number of hydrogen-bond donors (Lipinski definition) is 0. The monoisotopic (exact) mass is 789 g/mol. The van der Waals surface area contributed by atoms with Gasteiger partial charge in [-0.2, -0.15) is 6.07 Å². The number of aromatic nitrogens is 5. The van der Waals surface area contributed by atoms with Gasteiger partial charge in [0, 0.05) is 40.2 Å². The van der Waals surface area contributed by atoms with Crippen LogP contribution in [0.2, 0.25) is 0 Å². The van der Waals surface area contributed by atoms with Crippen LogP contribution in [0.5, 0.6) is 11.5 Å². The maximum atomic E-state index is 6.59. The molecule has 5 aromatic heterocycles. The van der Waals surface area contributed by atoms with Crippen LogP contribution in [-0.2, 0) is 25.8 Å². The topological polar surface area (TPSA) is 57.2 Å². The second-order valence-corrected chi connectivity index (χ2v) is 14.4. The van der Waals surface area contributed by atoms with Crippen molar-refractivity contribution in [1.29, 1.82) is 0 Å². The maximum absolute atomic E-state index is 6.59. The van der Waals surface area contributed by atoms with Gasteiger partial charge in [-0.15, -0.1) is 24.3 Å². The van der Waals surface area contributed by atoms with E-state index in [1.54, 1.807) is 0 Å². The van der Waals surface area contributed by atoms with Gasteiger partial charge >= 0.3 is 20.4 Å². The third-order valence-electron chi connectivity index (χ3n) is 10.0. The quantitative estimate of drug-likeness (QED) is 0.0990. The molecule has 10 aromatic rings. The second kappa shape index (κ2) is 13.1. The molecule has 0 saturated heterocycles. The van der Waals surface area contributed by atoms with E-state index >= 15 is 0 Å². The van der Waals surface area contributed by atoms with E-state index in [0.29, 0.717) is 11.5 Å². The molecule has 5 heterocycles. The van der Waals surface area contributed by atoms with Crippen molar-refractivity contribution in [2.24, 2.45) is 0 Å². The van der Waals surface area contributed by atoms with Crippen molar-refractivity contribution in [3.8, 4) is 39.7 Å². The number of pyridine rings is 3. The molecule has 0 radical (unpaired) electrons. The van der Waals surface area contributed by atoms with Crippen LogP contribution in [0.1, 0.15) is 26.3 Å². The van der Waals surface area contributed by atoms with Gasteiger partial charge in [0.1, 0.15) is 5.65 Å². The van der Waals surface area contributed by atoms with Crippen molar-refractivity contribution in [2.75, 3.05) is 0 Å². The number of benzene rings is 5. The predicted octanol–water partition coefficient (Wildman–Crippen LogP) is 11.5. The van der Waals surface area contributed by atoms with Gasteiger partial charge in [-0.3, -0.25) is 9.97 Å². The van der Waals surface area contributed by atoms with Gasteiger partial charge in [-0.25, -0.2) is 4.98 Å². The van der Waals surface area contributed by atoms with Crippen LogP contribution in [0.25, 0.3) is 77.6 Å². The van der Waals surface area contributed by atoms with Crippen molar-refractivity contribution in [1.82, 2.24) is 23.9 Å². The van der Waals surface area contributed by atoms with Crippen LogP contribution in [0, 0.1) is 12.1 Å². The molecule has 0 spiro atoms.